The van der Waals surface area contributed by atoms with Crippen molar-refractivity contribution in [3.8, 4) is 0 Å². The van der Waals surface area contributed by atoms with Gasteiger partial charge in [0.25, 0.3) is 0 Å². The first-order chi connectivity index (χ1) is 9.42. The Labute approximate surface area is 120 Å². The summed E-state index contributed by atoms with van der Waals surface area (Å²) in [5.41, 5.74) is 0.317. The fraction of sp³-hybridized carbons (Fsp3) is 0.250. The molecule has 0 aliphatic rings. The normalized spacial score (nSPS) is 11.8. The van der Waals surface area contributed by atoms with Crippen LogP contribution < -0.4 is 4.72 Å². The third-order valence-electron chi connectivity index (χ3n) is 2.55. The van der Waals surface area contributed by atoms with E-state index >= 15 is 0 Å². The number of hydrogen-bond donors (Lipinski definition) is 2. The first-order valence-corrected chi connectivity index (χ1v) is 8.02. The standard InChI is InChI=1S/C12H13FN2O3S2/c1-8-5-14-12(19-8)6-15-20(17,18)11-3-2-9(7-16)4-10(11)13/h2-5,15-16H,6-7H2,1H3. The zero-order chi connectivity index (χ0) is 14.8. The smallest absolute Gasteiger partial charge is 0.243 e. The van der Waals surface area contributed by atoms with Crippen LogP contribution in [0.1, 0.15) is 15.4 Å². The molecule has 1 heterocycles. The molecule has 0 atom stereocenters. The number of nitrogens with one attached hydrogen (secondary N) is 1. The molecule has 0 radical (unpaired) electrons. The number of rotatable bonds is 5. The van der Waals surface area contributed by atoms with Gasteiger partial charge in [-0.05, 0) is 24.6 Å². The average molecular weight is 316 g/mol. The van der Waals surface area contributed by atoms with E-state index in [0.29, 0.717) is 10.6 Å². The third-order valence-corrected chi connectivity index (χ3v) is 4.90. The molecule has 0 aliphatic heterocycles. The number of thiazole rings is 1. The van der Waals surface area contributed by atoms with E-state index in [1.807, 2.05) is 6.92 Å². The molecule has 0 amide bonds. The predicted molar refractivity (Wildman–Crippen MR) is 73.2 cm³/mol. The summed E-state index contributed by atoms with van der Waals surface area (Å²) in [6.45, 7) is 1.54. The minimum Gasteiger partial charge on any atom is -0.392 e. The van der Waals surface area contributed by atoms with Crippen LogP contribution in [0, 0.1) is 12.7 Å². The van der Waals surface area contributed by atoms with Crippen LogP contribution >= 0.6 is 11.3 Å². The van der Waals surface area contributed by atoms with Crippen LogP contribution in [0.2, 0.25) is 0 Å². The van der Waals surface area contributed by atoms with E-state index in [1.54, 1.807) is 6.20 Å². The van der Waals surface area contributed by atoms with Gasteiger partial charge in [0.2, 0.25) is 10.0 Å². The van der Waals surface area contributed by atoms with E-state index in [4.69, 9.17) is 5.11 Å². The van der Waals surface area contributed by atoms with Crippen molar-refractivity contribution in [3.63, 3.8) is 0 Å². The number of hydrogen-bond acceptors (Lipinski definition) is 5. The lowest BCUT2D eigenvalue weighted by atomic mass is 10.2. The lowest BCUT2D eigenvalue weighted by Crippen LogP contribution is -2.24. The van der Waals surface area contributed by atoms with Crippen LogP contribution in [-0.2, 0) is 23.2 Å². The average Bonchev–Trinajstić information content (AvgIpc) is 2.82. The lowest BCUT2D eigenvalue weighted by Gasteiger charge is -2.07. The Morgan fingerprint density at radius 3 is 2.75 bits per heavy atom. The van der Waals surface area contributed by atoms with Gasteiger partial charge in [0, 0.05) is 11.1 Å². The summed E-state index contributed by atoms with van der Waals surface area (Å²) in [5.74, 6) is -0.889. The van der Waals surface area contributed by atoms with Crippen LogP contribution in [0.25, 0.3) is 0 Å². The fourth-order valence-electron chi connectivity index (χ4n) is 1.58. The fourth-order valence-corrected chi connectivity index (χ4v) is 3.44. The van der Waals surface area contributed by atoms with Gasteiger partial charge < -0.3 is 5.11 Å². The van der Waals surface area contributed by atoms with Gasteiger partial charge in [-0.2, -0.15) is 0 Å². The minimum atomic E-state index is -3.94. The first-order valence-electron chi connectivity index (χ1n) is 5.72. The second-order valence-electron chi connectivity index (χ2n) is 4.11. The monoisotopic (exact) mass is 316 g/mol. The molecule has 0 saturated heterocycles. The van der Waals surface area contributed by atoms with Gasteiger partial charge in [-0.15, -0.1) is 11.3 Å². The van der Waals surface area contributed by atoms with Crippen LogP contribution in [0.5, 0.6) is 0 Å². The van der Waals surface area contributed by atoms with E-state index < -0.39 is 20.7 Å². The van der Waals surface area contributed by atoms with Gasteiger partial charge in [-0.25, -0.2) is 22.5 Å². The molecule has 0 saturated carbocycles. The highest BCUT2D eigenvalue weighted by molar-refractivity contribution is 7.89. The van der Waals surface area contributed by atoms with Crippen molar-refractivity contribution in [2.45, 2.75) is 25.0 Å². The molecular weight excluding hydrogens is 303 g/mol. The van der Waals surface area contributed by atoms with Crippen molar-refractivity contribution in [2.75, 3.05) is 0 Å². The number of sulfonamides is 1. The number of benzene rings is 1. The topological polar surface area (TPSA) is 79.3 Å². The molecule has 2 aromatic rings. The van der Waals surface area contributed by atoms with E-state index in [0.717, 1.165) is 17.0 Å². The predicted octanol–water partition coefficient (Wildman–Crippen LogP) is 1.56. The molecule has 2 N–H and O–H groups in total. The summed E-state index contributed by atoms with van der Waals surface area (Å²) in [7, 11) is -3.94. The number of aliphatic hydroxyl groups is 1. The molecule has 0 bridgehead atoms. The molecule has 1 aromatic carbocycles. The van der Waals surface area contributed by atoms with E-state index in [1.165, 1.54) is 17.4 Å². The Morgan fingerprint density at radius 2 is 2.20 bits per heavy atom. The summed E-state index contributed by atoms with van der Waals surface area (Å²) in [6, 6.07) is 3.50. The molecule has 0 aliphatic carbocycles. The van der Waals surface area contributed by atoms with Crippen molar-refractivity contribution in [3.05, 3.63) is 45.7 Å². The molecule has 108 valence electrons. The molecule has 8 heteroatoms. The molecule has 0 fully saturated rings. The Bertz CT molecular complexity index is 713. The summed E-state index contributed by atoms with van der Waals surface area (Å²) in [5, 5.41) is 9.48. The molecular formula is C12H13FN2O3S2. The summed E-state index contributed by atoms with van der Waals surface area (Å²) in [6.07, 6.45) is 1.64. The van der Waals surface area contributed by atoms with Gasteiger partial charge >= 0.3 is 0 Å². The van der Waals surface area contributed by atoms with E-state index in [9.17, 15) is 12.8 Å². The van der Waals surface area contributed by atoms with Crippen molar-refractivity contribution < 1.29 is 17.9 Å². The van der Waals surface area contributed by atoms with Gasteiger partial charge in [0.15, 0.2) is 0 Å². The summed E-state index contributed by atoms with van der Waals surface area (Å²) < 4.78 is 40.0. The molecule has 0 spiro atoms. The second kappa shape index (κ2) is 5.96. The lowest BCUT2D eigenvalue weighted by molar-refractivity contribution is 0.281. The zero-order valence-electron chi connectivity index (χ0n) is 10.6. The zero-order valence-corrected chi connectivity index (χ0v) is 12.3. The highest BCUT2D eigenvalue weighted by atomic mass is 32.2. The van der Waals surface area contributed by atoms with Crippen LogP contribution in [-0.4, -0.2) is 18.5 Å². The number of aryl methyl sites for hydroxylation is 1. The minimum absolute atomic E-state index is 0.0159. The largest absolute Gasteiger partial charge is 0.392 e. The van der Waals surface area contributed by atoms with Crippen LogP contribution in [0.15, 0.2) is 29.3 Å². The van der Waals surface area contributed by atoms with Crippen LogP contribution in [0.4, 0.5) is 4.39 Å². The van der Waals surface area contributed by atoms with E-state index in [2.05, 4.69) is 9.71 Å². The van der Waals surface area contributed by atoms with Crippen molar-refractivity contribution >= 4 is 21.4 Å². The maximum absolute atomic E-state index is 13.7. The Morgan fingerprint density at radius 1 is 1.45 bits per heavy atom. The number of nitrogens with zero attached hydrogens (tertiary/aromatic N) is 1. The maximum Gasteiger partial charge on any atom is 0.243 e. The summed E-state index contributed by atoms with van der Waals surface area (Å²) in [4.78, 5) is 4.56. The Balaban J connectivity index is 2.18. The summed E-state index contributed by atoms with van der Waals surface area (Å²) >= 11 is 1.37. The molecule has 5 nitrogen and oxygen atoms in total. The van der Waals surface area contributed by atoms with Gasteiger partial charge in [-0.3, -0.25) is 0 Å². The maximum atomic E-state index is 13.7. The molecule has 2 rings (SSSR count). The number of aliphatic hydroxyl groups excluding tert-OH is 1. The Hall–Kier alpha value is -1.35. The van der Waals surface area contributed by atoms with Crippen molar-refractivity contribution in [1.29, 1.82) is 0 Å². The van der Waals surface area contributed by atoms with Gasteiger partial charge in [0.05, 0.1) is 13.2 Å². The SMILES string of the molecule is Cc1cnc(CNS(=O)(=O)c2ccc(CO)cc2F)s1. The third kappa shape index (κ3) is 3.40. The van der Waals surface area contributed by atoms with Gasteiger partial charge in [0.1, 0.15) is 15.7 Å². The van der Waals surface area contributed by atoms with Crippen LogP contribution in [0.3, 0.4) is 0 Å². The van der Waals surface area contributed by atoms with Crippen molar-refractivity contribution in [2.24, 2.45) is 0 Å². The van der Waals surface area contributed by atoms with Gasteiger partial charge in [-0.1, -0.05) is 6.07 Å². The highest BCUT2D eigenvalue weighted by Crippen LogP contribution is 2.17. The molecule has 0 unspecified atom stereocenters. The second-order valence-corrected chi connectivity index (χ2v) is 7.17. The van der Waals surface area contributed by atoms with E-state index in [-0.39, 0.29) is 13.2 Å². The molecule has 1 aromatic heterocycles. The highest BCUT2D eigenvalue weighted by Gasteiger charge is 2.19. The first kappa shape index (κ1) is 15.0. The quantitative estimate of drug-likeness (QED) is 0.877. The van der Waals surface area contributed by atoms with Crippen molar-refractivity contribution in [1.82, 2.24) is 9.71 Å². The molecule has 20 heavy (non-hydrogen) atoms. The number of halogens is 1. The Kier molecular flexibility index (Phi) is 4.48. The number of aromatic nitrogens is 1.